The third-order valence-electron chi connectivity index (χ3n) is 2.24. The first-order chi connectivity index (χ1) is 7.47. The molecule has 0 aromatic carbocycles. The molecule has 0 radical (unpaired) electrons. The normalized spacial score (nSPS) is 14.2. The van der Waals surface area contributed by atoms with Crippen molar-refractivity contribution in [3.63, 3.8) is 0 Å². The fraction of sp³-hybridized carbons (Fsp3) is 0.600. The van der Waals surface area contributed by atoms with Crippen molar-refractivity contribution < 1.29 is 13.5 Å². The van der Waals surface area contributed by atoms with Crippen LogP contribution in [0.5, 0.6) is 0 Å². The first-order valence-corrected chi connectivity index (χ1v) is 7.61. The zero-order valence-corrected chi connectivity index (χ0v) is 11.1. The van der Waals surface area contributed by atoms with E-state index in [0.717, 1.165) is 4.88 Å². The summed E-state index contributed by atoms with van der Waals surface area (Å²) >= 11 is 1.43. The number of aliphatic hydroxyl groups excluding tert-OH is 1. The Hall–Kier alpha value is -0.430. The molecule has 4 nitrogen and oxygen atoms in total. The Bertz CT molecular complexity index is 400. The van der Waals surface area contributed by atoms with Crippen LogP contribution in [-0.4, -0.2) is 37.2 Å². The second-order valence-corrected chi connectivity index (χ2v) is 6.80. The van der Waals surface area contributed by atoms with Crippen LogP contribution < -0.4 is 0 Å². The molecule has 0 fully saturated rings. The molecule has 0 aliphatic carbocycles. The largest absolute Gasteiger partial charge is 0.386 e. The van der Waals surface area contributed by atoms with Crippen LogP contribution in [0.25, 0.3) is 0 Å². The van der Waals surface area contributed by atoms with Crippen molar-refractivity contribution in [1.82, 2.24) is 4.31 Å². The maximum Gasteiger partial charge on any atom is 0.213 e. The number of hydrogen-bond donors (Lipinski definition) is 1. The van der Waals surface area contributed by atoms with Gasteiger partial charge in [0.2, 0.25) is 10.0 Å². The van der Waals surface area contributed by atoms with Gasteiger partial charge in [0, 0.05) is 18.5 Å². The van der Waals surface area contributed by atoms with Crippen molar-refractivity contribution in [1.29, 1.82) is 0 Å². The van der Waals surface area contributed by atoms with E-state index in [2.05, 4.69) is 0 Å². The summed E-state index contributed by atoms with van der Waals surface area (Å²) in [6.07, 6.45) is -0.154. The Balaban J connectivity index is 2.61. The van der Waals surface area contributed by atoms with Crippen LogP contribution >= 0.6 is 11.3 Å². The molecular weight excluding hydrogens is 246 g/mol. The highest BCUT2D eigenvalue weighted by Crippen LogP contribution is 2.20. The summed E-state index contributed by atoms with van der Waals surface area (Å²) in [5.74, 6) is 0.126. The van der Waals surface area contributed by atoms with Crippen LogP contribution in [0.15, 0.2) is 17.5 Å². The van der Waals surface area contributed by atoms with E-state index in [1.54, 1.807) is 6.07 Å². The summed E-state index contributed by atoms with van der Waals surface area (Å²) in [4.78, 5) is 0.790. The standard InChI is InChI=1S/C10H17NO3S2/c1-3-7-16(13,14)11(2)8-9(12)10-5-4-6-15-10/h4-6,9,12H,3,7-8H2,1-2H3. The van der Waals surface area contributed by atoms with Crippen molar-refractivity contribution in [2.24, 2.45) is 0 Å². The van der Waals surface area contributed by atoms with Crippen molar-refractivity contribution in [2.75, 3.05) is 19.3 Å². The van der Waals surface area contributed by atoms with Gasteiger partial charge in [-0.15, -0.1) is 11.3 Å². The average Bonchev–Trinajstić information content (AvgIpc) is 2.70. The quantitative estimate of drug-likeness (QED) is 0.845. The summed E-state index contributed by atoms with van der Waals surface area (Å²) in [5, 5.41) is 11.7. The van der Waals surface area contributed by atoms with E-state index < -0.39 is 16.1 Å². The average molecular weight is 263 g/mol. The number of aliphatic hydroxyl groups is 1. The number of hydrogen-bond acceptors (Lipinski definition) is 4. The van der Waals surface area contributed by atoms with E-state index in [9.17, 15) is 13.5 Å². The van der Waals surface area contributed by atoms with E-state index in [1.807, 2.05) is 18.4 Å². The van der Waals surface area contributed by atoms with Gasteiger partial charge in [0.05, 0.1) is 5.75 Å². The van der Waals surface area contributed by atoms with Crippen LogP contribution in [0.2, 0.25) is 0 Å². The van der Waals surface area contributed by atoms with E-state index in [-0.39, 0.29) is 12.3 Å². The fourth-order valence-electron chi connectivity index (χ4n) is 1.34. The summed E-state index contributed by atoms with van der Waals surface area (Å²) in [6, 6.07) is 3.64. The Morgan fingerprint density at radius 3 is 2.75 bits per heavy atom. The van der Waals surface area contributed by atoms with Crippen molar-refractivity contribution in [2.45, 2.75) is 19.4 Å². The molecule has 0 aliphatic rings. The molecule has 0 aliphatic heterocycles. The van der Waals surface area contributed by atoms with E-state index >= 15 is 0 Å². The fourth-order valence-corrected chi connectivity index (χ4v) is 3.24. The molecule has 6 heteroatoms. The molecule has 0 bridgehead atoms. The Morgan fingerprint density at radius 1 is 1.56 bits per heavy atom. The topological polar surface area (TPSA) is 57.6 Å². The monoisotopic (exact) mass is 263 g/mol. The molecule has 0 saturated carbocycles. The number of thiophene rings is 1. The highest BCUT2D eigenvalue weighted by molar-refractivity contribution is 7.89. The first kappa shape index (κ1) is 13.6. The molecular formula is C10H17NO3S2. The Labute approximate surface area is 101 Å². The minimum absolute atomic E-state index is 0.114. The minimum atomic E-state index is -3.22. The van der Waals surface area contributed by atoms with Gasteiger partial charge in [-0.05, 0) is 17.9 Å². The van der Waals surface area contributed by atoms with Gasteiger partial charge in [-0.25, -0.2) is 12.7 Å². The van der Waals surface area contributed by atoms with Gasteiger partial charge in [0.15, 0.2) is 0 Å². The highest BCUT2D eigenvalue weighted by Gasteiger charge is 2.20. The lowest BCUT2D eigenvalue weighted by atomic mass is 10.3. The molecule has 0 saturated heterocycles. The smallest absolute Gasteiger partial charge is 0.213 e. The van der Waals surface area contributed by atoms with Gasteiger partial charge < -0.3 is 5.11 Å². The summed E-state index contributed by atoms with van der Waals surface area (Å²) in [6.45, 7) is 1.93. The SMILES string of the molecule is CCCS(=O)(=O)N(C)CC(O)c1cccs1. The highest BCUT2D eigenvalue weighted by atomic mass is 32.2. The number of rotatable bonds is 6. The van der Waals surface area contributed by atoms with Crippen molar-refractivity contribution in [3.05, 3.63) is 22.4 Å². The van der Waals surface area contributed by atoms with Crippen molar-refractivity contribution >= 4 is 21.4 Å². The van der Waals surface area contributed by atoms with Gasteiger partial charge in [-0.1, -0.05) is 13.0 Å². The maximum absolute atomic E-state index is 11.7. The summed E-state index contributed by atoms with van der Waals surface area (Å²) in [5.41, 5.74) is 0. The molecule has 1 N–H and O–H groups in total. The minimum Gasteiger partial charge on any atom is -0.386 e. The number of sulfonamides is 1. The maximum atomic E-state index is 11.7. The van der Waals surface area contributed by atoms with Crippen molar-refractivity contribution in [3.8, 4) is 0 Å². The second-order valence-electron chi connectivity index (χ2n) is 3.63. The molecule has 1 aromatic rings. The van der Waals surface area contributed by atoms with Gasteiger partial charge >= 0.3 is 0 Å². The molecule has 1 unspecified atom stereocenters. The van der Waals surface area contributed by atoms with Crippen LogP contribution in [-0.2, 0) is 10.0 Å². The van der Waals surface area contributed by atoms with Gasteiger partial charge in [-0.3, -0.25) is 0 Å². The van der Waals surface area contributed by atoms with E-state index in [4.69, 9.17) is 0 Å². The lowest BCUT2D eigenvalue weighted by Crippen LogP contribution is -2.32. The molecule has 0 amide bonds. The van der Waals surface area contributed by atoms with Gasteiger partial charge in [-0.2, -0.15) is 0 Å². The molecule has 16 heavy (non-hydrogen) atoms. The third-order valence-corrected chi connectivity index (χ3v) is 5.24. The van der Waals surface area contributed by atoms with Crippen LogP contribution in [0.3, 0.4) is 0 Å². The summed E-state index contributed by atoms with van der Waals surface area (Å²) in [7, 11) is -1.72. The number of nitrogens with zero attached hydrogens (tertiary/aromatic N) is 1. The molecule has 0 spiro atoms. The molecule has 92 valence electrons. The lowest BCUT2D eigenvalue weighted by molar-refractivity contribution is 0.158. The number of likely N-dealkylation sites (N-methyl/N-ethyl adjacent to an activating group) is 1. The molecule has 1 heterocycles. The van der Waals surface area contributed by atoms with Gasteiger partial charge in [0.25, 0.3) is 0 Å². The predicted octanol–water partition coefficient (Wildman–Crippen LogP) is 1.45. The van der Waals surface area contributed by atoms with Crippen LogP contribution in [0, 0.1) is 0 Å². The van der Waals surface area contributed by atoms with Crippen LogP contribution in [0.1, 0.15) is 24.3 Å². The van der Waals surface area contributed by atoms with Crippen LogP contribution in [0.4, 0.5) is 0 Å². The zero-order chi connectivity index (χ0) is 12.2. The van der Waals surface area contributed by atoms with Gasteiger partial charge in [0.1, 0.15) is 6.10 Å². The first-order valence-electron chi connectivity index (χ1n) is 5.13. The second kappa shape index (κ2) is 5.77. The molecule has 1 rings (SSSR count). The lowest BCUT2D eigenvalue weighted by Gasteiger charge is -2.19. The zero-order valence-electron chi connectivity index (χ0n) is 9.46. The van der Waals surface area contributed by atoms with E-state index in [1.165, 1.54) is 22.7 Å². The Kier molecular flexibility index (Phi) is 4.91. The molecule has 1 aromatic heterocycles. The summed E-state index contributed by atoms with van der Waals surface area (Å²) < 4.78 is 24.5. The Morgan fingerprint density at radius 2 is 2.25 bits per heavy atom. The van der Waals surface area contributed by atoms with E-state index in [0.29, 0.717) is 6.42 Å². The third kappa shape index (κ3) is 3.55. The predicted molar refractivity (Wildman–Crippen MR) is 66.0 cm³/mol. The molecule has 1 atom stereocenters.